The van der Waals surface area contributed by atoms with Crippen LogP contribution in [0.1, 0.15) is 10.5 Å². The fraction of sp³-hybridized carbons (Fsp3) is 0.444. The van der Waals surface area contributed by atoms with E-state index in [-0.39, 0.29) is 5.91 Å². The summed E-state index contributed by atoms with van der Waals surface area (Å²) in [4.78, 5) is 13.4. The van der Waals surface area contributed by atoms with Crippen LogP contribution in [0.25, 0.3) is 0 Å². The van der Waals surface area contributed by atoms with E-state index in [1.807, 2.05) is 6.26 Å². The minimum atomic E-state index is -0.128. The lowest BCUT2D eigenvalue weighted by atomic mass is 10.3. The van der Waals surface area contributed by atoms with Crippen molar-refractivity contribution in [2.45, 2.75) is 0 Å². The number of nitrogen functional groups attached to an aromatic ring is 1. The van der Waals surface area contributed by atoms with Crippen LogP contribution in [0, 0.1) is 0 Å². The first kappa shape index (κ1) is 11.8. The number of hydrogen-bond donors (Lipinski definition) is 1. The molecule has 1 rings (SSSR count). The number of amides is 1. The minimum absolute atomic E-state index is 0.128. The highest BCUT2D eigenvalue weighted by Gasteiger charge is 2.12. The maximum Gasteiger partial charge on any atom is 0.274 e. The number of anilines is 1. The van der Waals surface area contributed by atoms with Crippen LogP contribution in [0.3, 0.4) is 0 Å². The van der Waals surface area contributed by atoms with Crippen molar-refractivity contribution in [3.63, 3.8) is 0 Å². The molecule has 6 heteroatoms. The largest absolute Gasteiger partial charge is 0.382 e. The molecule has 82 valence electrons. The van der Waals surface area contributed by atoms with Gasteiger partial charge >= 0.3 is 0 Å². The van der Waals surface area contributed by atoms with E-state index in [2.05, 4.69) is 10.2 Å². The minimum Gasteiger partial charge on any atom is -0.382 e. The van der Waals surface area contributed by atoms with Gasteiger partial charge in [0.25, 0.3) is 5.91 Å². The summed E-state index contributed by atoms with van der Waals surface area (Å²) in [6, 6.07) is 3.16. The Hall–Kier alpha value is -1.30. The van der Waals surface area contributed by atoms with Gasteiger partial charge in [0, 0.05) is 19.3 Å². The van der Waals surface area contributed by atoms with Gasteiger partial charge < -0.3 is 10.6 Å². The number of carbonyl (C=O) groups excluding carboxylic acids is 1. The van der Waals surface area contributed by atoms with Crippen molar-refractivity contribution < 1.29 is 4.79 Å². The third-order valence-electron chi connectivity index (χ3n) is 1.88. The topological polar surface area (TPSA) is 72.1 Å². The van der Waals surface area contributed by atoms with Gasteiger partial charge in [0.2, 0.25) is 0 Å². The monoisotopic (exact) mass is 226 g/mol. The highest BCUT2D eigenvalue weighted by atomic mass is 32.2. The highest BCUT2D eigenvalue weighted by molar-refractivity contribution is 7.98. The van der Waals surface area contributed by atoms with Crippen molar-refractivity contribution in [2.75, 3.05) is 31.3 Å². The second-order valence-corrected chi connectivity index (χ2v) is 4.05. The van der Waals surface area contributed by atoms with Gasteiger partial charge in [-0.2, -0.15) is 11.8 Å². The lowest BCUT2D eigenvalue weighted by molar-refractivity contribution is 0.0797. The second kappa shape index (κ2) is 5.55. The average Bonchev–Trinajstić information content (AvgIpc) is 2.26. The predicted octanol–water partition coefficient (Wildman–Crippen LogP) is 0.494. The summed E-state index contributed by atoms with van der Waals surface area (Å²) in [5.74, 6) is 1.10. The van der Waals surface area contributed by atoms with Gasteiger partial charge in [-0.25, -0.2) is 0 Å². The number of hydrogen-bond acceptors (Lipinski definition) is 5. The molecule has 0 spiro atoms. The predicted molar refractivity (Wildman–Crippen MR) is 61.8 cm³/mol. The lowest BCUT2D eigenvalue weighted by Crippen LogP contribution is -2.29. The second-order valence-electron chi connectivity index (χ2n) is 3.06. The average molecular weight is 226 g/mol. The van der Waals surface area contributed by atoms with E-state index in [4.69, 9.17) is 5.73 Å². The third kappa shape index (κ3) is 3.39. The molecule has 0 atom stereocenters. The Balaban J connectivity index is 2.63. The Bertz CT molecular complexity index is 327. The van der Waals surface area contributed by atoms with Gasteiger partial charge in [-0.05, 0) is 18.4 Å². The fourth-order valence-electron chi connectivity index (χ4n) is 0.982. The molecule has 15 heavy (non-hydrogen) atoms. The molecule has 1 aromatic rings. The summed E-state index contributed by atoms with van der Waals surface area (Å²) in [6.45, 7) is 0.700. The molecule has 2 N–H and O–H groups in total. The summed E-state index contributed by atoms with van der Waals surface area (Å²) in [6.07, 6.45) is 2.00. The molecule has 0 fully saturated rings. The number of nitrogens with two attached hydrogens (primary N) is 1. The molecule has 0 bridgehead atoms. The van der Waals surface area contributed by atoms with Crippen molar-refractivity contribution in [3.05, 3.63) is 17.8 Å². The van der Waals surface area contributed by atoms with Crippen LogP contribution in [0.4, 0.5) is 5.82 Å². The maximum atomic E-state index is 11.7. The fourth-order valence-corrected chi connectivity index (χ4v) is 1.44. The van der Waals surface area contributed by atoms with Crippen LogP contribution in [-0.4, -0.2) is 46.6 Å². The Morgan fingerprint density at radius 3 is 2.80 bits per heavy atom. The molecule has 1 heterocycles. The third-order valence-corrected chi connectivity index (χ3v) is 2.47. The molecule has 1 amide bonds. The van der Waals surface area contributed by atoms with Gasteiger partial charge in [0.15, 0.2) is 5.69 Å². The molecule has 0 saturated heterocycles. The Morgan fingerprint density at radius 2 is 2.27 bits per heavy atom. The zero-order valence-corrected chi connectivity index (χ0v) is 9.62. The Morgan fingerprint density at radius 1 is 1.53 bits per heavy atom. The first-order chi connectivity index (χ1) is 7.15. The maximum absolute atomic E-state index is 11.7. The molecule has 5 nitrogen and oxygen atoms in total. The molecule has 0 aromatic carbocycles. The van der Waals surface area contributed by atoms with E-state index in [1.165, 1.54) is 0 Å². The smallest absolute Gasteiger partial charge is 0.274 e. The lowest BCUT2D eigenvalue weighted by Gasteiger charge is -2.15. The van der Waals surface area contributed by atoms with Gasteiger partial charge in [-0.15, -0.1) is 10.2 Å². The SMILES string of the molecule is CSCCN(C)C(=O)c1ccc(N)nn1. The van der Waals surface area contributed by atoms with Crippen LogP contribution in [0.5, 0.6) is 0 Å². The standard InChI is InChI=1S/C9H14N4OS/c1-13(5-6-15-2)9(14)7-3-4-8(10)12-11-7/h3-4H,5-6H2,1-2H3,(H2,10,12). The highest BCUT2D eigenvalue weighted by Crippen LogP contribution is 2.02. The van der Waals surface area contributed by atoms with E-state index in [0.717, 1.165) is 5.75 Å². The van der Waals surface area contributed by atoms with Gasteiger partial charge in [-0.3, -0.25) is 4.79 Å². The first-order valence-corrected chi connectivity index (χ1v) is 5.88. The first-order valence-electron chi connectivity index (χ1n) is 4.48. The molecule has 1 aromatic heterocycles. The molecule has 0 unspecified atom stereocenters. The van der Waals surface area contributed by atoms with Crippen molar-refractivity contribution >= 4 is 23.5 Å². The summed E-state index contributed by atoms with van der Waals surface area (Å²) >= 11 is 1.70. The number of thioether (sulfide) groups is 1. The van der Waals surface area contributed by atoms with Gasteiger partial charge in [0.1, 0.15) is 5.82 Å². The van der Waals surface area contributed by atoms with Crippen LogP contribution < -0.4 is 5.73 Å². The van der Waals surface area contributed by atoms with Crippen molar-refractivity contribution in [1.82, 2.24) is 15.1 Å². The quantitative estimate of drug-likeness (QED) is 0.809. The van der Waals surface area contributed by atoms with E-state index in [0.29, 0.717) is 18.1 Å². The van der Waals surface area contributed by atoms with E-state index in [1.54, 1.807) is 35.8 Å². The van der Waals surface area contributed by atoms with Crippen molar-refractivity contribution in [3.8, 4) is 0 Å². The van der Waals surface area contributed by atoms with Gasteiger partial charge in [0.05, 0.1) is 0 Å². The Kier molecular flexibility index (Phi) is 4.36. The number of aromatic nitrogens is 2. The summed E-state index contributed by atoms with van der Waals surface area (Å²) in [5.41, 5.74) is 5.71. The molecule has 0 aliphatic rings. The van der Waals surface area contributed by atoms with Crippen LogP contribution in [0.2, 0.25) is 0 Å². The molecule has 0 aliphatic heterocycles. The van der Waals surface area contributed by atoms with Crippen molar-refractivity contribution in [2.24, 2.45) is 0 Å². The van der Waals surface area contributed by atoms with E-state index < -0.39 is 0 Å². The Labute approximate surface area is 93.0 Å². The van der Waals surface area contributed by atoms with Crippen LogP contribution >= 0.6 is 11.8 Å². The van der Waals surface area contributed by atoms with Gasteiger partial charge in [-0.1, -0.05) is 0 Å². The van der Waals surface area contributed by atoms with Crippen LogP contribution in [0.15, 0.2) is 12.1 Å². The molecule has 0 saturated carbocycles. The van der Waals surface area contributed by atoms with Crippen LogP contribution in [-0.2, 0) is 0 Å². The molecule has 0 radical (unpaired) electrons. The number of carbonyl (C=O) groups is 1. The van der Waals surface area contributed by atoms with Crippen molar-refractivity contribution in [1.29, 1.82) is 0 Å². The molecular formula is C9H14N4OS. The number of nitrogens with zero attached hydrogens (tertiary/aromatic N) is 3. The summed E-state index contributed by atoms with van der Waals surface area (Å²) in [5, 5.41) is 7.37. The summed E-state index contributed by atoms with van der Waals surface area (Å²) in [7, 11) is 1.75. The normalized spacial score (nSPS) is 10.0. The zero-order chi connectivity index (χ0) is 11.3. The number of rotatable bonds is 4. The van der Waals surface area contributed by atoms with E-state index >= 15 is 0 Å². The molecular weight excluding hydrogens is 212 g/mol. The summed E-state index contributed by atoms with van der Waals surface area (Å²) < 4.78 is 0. The molecule has 0 aliphatic carbocycles. The zero-order valence-electron chi connectivity index (χ0n) is 8.80. The van der Waals surface area contributed by atoms with E-state index in [9.17, 15) is 4.79 Å².